The van der Waals surface area contributed by atoms with Crippen LogP contribution in [0.15, 0.2) is 36.4 Å². The number of ether oxygens (including phenoxy) is 5. The standard InChI is InChI=1S/C36H44N4O10/c1-21-12-11-16-24-27(18-26(33(43)46-2)37-29(21)24)49-28-20-40-31(42)25(38-35(45)48-23-14-9-10-15-23)17-8-6-4-5-7-13-22-19-36(22,34(44)47-3)39-30(41)32(40)50-28/h7,11-13,16,18,22-23,25,28,32H,4-6,8-10,14-15,17,19-20H2,1-3H3,(H,38,45)(H,39,41)/b13-7-/t22?,25-,28+,32?,36+/m0/s1. The fourth-order valence-corrected chi connectivity index (χ4v) is 7.05. The number of pyridine rings is 1. The van der Waals surface area contributed by atoms with Gasteiger partial charge < -0.3 is 39.2 Å². The van der Waals surface area contributed by atoms with Crippen LogP contribution in [0.25, 0.3) is 10.9 Å². The lowest BCUT2D eigenvalue weighted by atomic mass is 10.1. The second-order valence-electron chi connectivity index (χ2n) is 13.3. The first kappa shape index (κ1) is 35.1. The molecule has 2 N–H and O–H groups in total. The predicted octanol–water partition coefficient (Wildman–Crippen LogP) is 3.83. The highest BCUT2D eigenvalue weighted by molar-refractivity contribution is 5.97. The van der Waals surface area contributed by atoms with E-state index in [9.17, 15) is 24.0 Å². The Hall–Kier alpha value is -4.72. The van der Waals surface area contributed by atoms with Crippen molar-refractivity contribution < 1.29 is 47.7 Å². The number of rotatable bonds is 6. The lowest BCUT2D eigenvalue weighted by Gasteiger charge is -2.28. The fraction of sp³-hybridized carbons (Fsp3) is 0.556. The molecule has 0 bridgehead atoms. The van der Waals surface area contributed by atoms with E-state index in [0.29, 0.717) is 30.2 Å². The van der Waals surface area contributed by atoms with Gasteiger partial charge in [0.2, 0.25) is 18.4 Å². The van der Waals surface area contributed by atoms with Crippen molar-refractivity contribution in [2.24, 2.45) is 5.92 Å². The molecule has 1 aromatic carbocycles. The highest BCUT2D eigenvalue weighted by Crippen LogP contribution is 2.46. The van der Waals surface area contributed by atoms with Crippen molar-refractivity contribution in [3.63, 3.8) is 0 Å². The summed E-state index contributed by atoms with van der Waals surface area (Å²) in [6.07, 6.45) is 7.46. The number of aryl methyl sites for hydroxylation is 1. The Bertz CT molecular complexity index is 1670. The van der Waals surface area contributed by atoms with Gasteiger partial charge in [-0.2, -0.15) is 0 Å². The van der Waals surface area contributed by atoms with Crippen LogP contribution in [0.2, 0.25) is 0 Å². The average Bonchev–Trinajstić information content (AvgIpc) is 3.38. The van der Waals surface area contributed by atoms with Crippen molar-refractivity contribution in [2.45, 2.75) is 101 Å². The van der Waals surface area contributed by atoms with E-state index in [1.54, 1.807) is 6.07 Å². The van der Waals surface area contributed by atoms with Gasteiger partial charge in [-0.3, -0.25) is 9.59 Å². The Morgan fingerprint density at radius 2 is 1.82 bits per heavy atom. The number of carbonyl (C=O) groups is 5. The minimum Gasteiger partial charge on any atom is -0.467 e. The van der Waals surface area contributed by atoms with Crippen molar-refractivity contribution in [3.8, 4) is 5.75 Å². The fourth-order valence-electron chi connectivity index (χ4n) is 7.05. The Balaban J connectivity index is 1.32. The molecular formula is C36H44N4O10. The molecule has 14 heteroatoms. The van der Waals surface area contributed by atoms with Crippen LogP contribution < -0.4 is 15.4 Å². The number of hydrogen-bond acceptors (Lipinski definition) is 11. The zero-order valence-corrected chi connectivity index (χ0v) is 28.6. The summed E-state index contributed by atoms with van der Waals surface area (Å²) in [4.78, 5) is 72.6. The molecular weight excluding hydrogens is 648 g/mol. The van der Waals surface area contributed by atoms with Crippen LogP contribution in [0, 0.1) is 12.8 Å². The van der Waals surface area contributed by atoms with Crippen LogP contribution in [0.5, 0.6) is 5.75 Å². The van der Waals surface area contributed by atoms with Crippen molar-refractivity contribution in [1.29, 1.82) is 0 Å². The zero-order valence-electron chi connectivity index (χ0n) is 28.6. The number of aromatic nitrogens is 1. The molecule has 2 aromatic rings. The van der Waals surface area contributed by atoms with E-state index in [-0.39, 0.29) is 30.0 Å². The van der Waals surface area contributed by atoms with E-state index in [1.807, 2.05) is 31.2 Å². The van der Waals surface area contributed by atoms with Crippen LogP contribution in [0.3, 0.4) is 0 Å². The topological polar surface area (TPSA) is 172 Å². The Morgan fingerprint density at radius 3 is 2.58 bits per heavy atom. The van der Waals surface area contributed by atoms with Crippen LogP contribution >= 0.6 is 0 Å². The molecule has 50 heavy (non-hydrogen) atoms. The zero-order chi connectivity index (χ0) is 35.4. The van der Waals surface area contributed by atoms with E-state index >= 15 is 0 Å². The highest BCUT2D eigenvalue weighted by atomic mass is 16.7. The highest BCUT2D eigenvalue weighted by Gasteiger charge is 2.62. The third kappa shape index (κ3) is 7.40. The van der Waals surface area contributed by atoms with Crippen molar-refractivity contribution >= 4 is 40.7 Å². The van der Waals surface area contributed by atoms with Gasteiger partial charge in [0.05, 0.1) is 26.3 Å². The van der Waals surface area contributed by atoms with E-state index < -0.39 is 53.9 Å². The molecule has 2 aliphatic carbocycles. The summed E-state index contributed by atoms with van der Waals surface area (Å²) >= 11 is 0. The molecule has 0 spiro atoms. The molecule has 3 fully saturated rings. The van der Waals surface area contributed by atoms with Crippen molar-refractivity contribution in [2.75, 3.05) is 20.8 Å². The second kappa shape index (κ2) is 15.0. The summed E-state index contributed by atoms with van der Waals surface area (Å²) in [6.45, 7) is 1.64. The van der Waals surface area contributed by atoms with Gasteiger partial charge >= 0.3 is 18.0 Å². The molecule has 268 valence electrons. The number of methoxy groups -OCH3 is 2. The third-order valence-electron chi connectivity index (χ3n) is 9.88. The lowest BCUT2D eigenvalue weighted by molar-refractivity contribution is -0.158. The molecule has 3 amide bonds. The largest absolute Gasteiger partial charge is 0.467 e. The SMILES string of the molecule is COC(=O)c1cc(O[C@H]2CN3C(=O)[C@@H](NC(=O)OC4CCCC4)CCCCC/C=C\C4C[C@@]4(C(=O)OC)NC(=O)C3O2)c2cccc(C)c2n1. The molecule has 2 aliphatic heterocycles. The first-order valence-electron chi connectivity index (χ1n) is 17.3. The minimum atomic E-state index is -1.52. The van der Waals surface area contributed by atoms with Crippen LogP contribution in [-0.2, 0) is 33.3 Å². The molecule has 14 nitrogen and oxygen atoms in total. The van der Waals surface area contributed by atoms with E-state index in [0.717, 1.165) is 50.5 Å². The number of benzene rings is 1. The molecule has 6 rings (SSSR count). The Kier molecular flexibility index (Phi) is 10.6. The van der Waals surface area contributed by atoms with Crippen LogP contribution in [0.1, 0.15) is 80.3 Å². The summed E-state index contributed by atoms with van der Waals surface area (Å²) in [6, 6.07) is 5.84. The van der Waals surface area contributed by atoms with Crippen molar-refractivity contribution in [3.05, 3.63) is 47.7 Å². The molecule has 3 heterocycles. The molecule has 2 unspecified atom stereocenters. The number of fused-ring (bicyclic) bond motifs is 3. The average molecular weight is 693 g/mol. The van der Waals surface area contributed by atoms with Gasteiger partial charge in [0.25, 0.3) is 5.91 Å². The number of amides is 3. The minimum absolute atomic E-state index is 0.00357. The summed E-state index contributed by atoms with van der Waals surface area (Å²) in [5.41, 5.74) is -0.0164. The monoisotopic (exact) mass is 692 g/mol. The molecule has 1 aromatic heterocycles. The lowest BCUT2D eigenvalue weighted by Crippen LogP contribution is -2.57. The van der Waals surface area contributed by atoms with Gasteiger partial charge in [0.15, 0.2) is 5.69 Å². The third-order valence-corrected chi connectivity index (χ3v) is 9.88. The van der Waals surface area contributed by atoms with Gasteiger partial charge in [-0.05, 0) is 69.9 Å². The maximum absolute atomic E-state index is 14.3. The maximum Gasteiger partial charge on any atom is 0.408 e. The number of para-hydroxylation sites is 1. The summed E-state index contributed by atoms with van der Waals surface area (Å²) in [5, 5.41) is 6.15. The molecule has 2 saturated carbocycles. The number of nitrogens with zero attached hydrogens (tertiary/aromatic N) is 2. The Labute approximate surface area is 290 Å². The number of nitrogens with one attached hydrogen (secondary N) is 2. The first-order chi connectivity index (χ1) is 24.1. The number of hydrogen-bond donors (Lipinski definition) is 2. The summed E-state index contributed by atoms with van der Waals surface area (Å²) in [7, 11) is 2.51. The first-order valence-corrected chi connectivity index (χ1v) is 17.3. The number of allylic oxidation sites excluding steroid dienone is 1. The summed E-state index contributed by atoms with van der Waals surface area (Å²) < 4.78 is 28.0. The molecule has 1 saturated heterocycles. The second-order valence-corrected chi connectivity index (χ2v) is 13.3. The Morgan fingerprint density at radius 1 is 1.04 bits per heavy atom. The number of alkyl carbamates (subject to hydrolysis) is 1. The van der Waals surface area contributed by atoms with E-state index in [4.69, 9.17) is 23.7 Å². The predicted molar refractivity (Wildman–Crippen MR) is 178 cm³/mol. The van der Waals surface area contributed by atoms with Crippen LogP contribution in [-0.4, -0.2) is 90.7 Å². The quantitative estimate of drug-likeness (QED) is 0.256. The van der Waals surface area contributed by atoms with E-state index in [2.05, 4.69) is 15.6 Å². The van der Waals surface area contributed by atoms with Gasteiger partial charge in [0, 0.05) is 17.4 Å². The number of esters is 2. The van der Waals surface area contributed by atoms with Crippen molar-refractivity contribution in [1.82, 2.24) is 20.5 Å². The number of carbonyl (C=O) groups excluding carboxylic acids is 5. The van der Waals surface area contributed by atoms with Gasteiger partial charge in [0.1, 0.15) is 23.4 Å². The normalized spacial score (nSPS) is 27.9. The van der Waals surface area contributed by atoms with E-state index in [1.165, 1.54) is 25.2 Å². The maximum atomic E-state index is 14.3. The van der Waals surface area contributed by atoms with Gasteiger partial charge in [-0.1, -0.05) is 37.1 Å². The van der Waals surface area contributed by atoms with Gasteiger partial charge in [-0.25, -0.2) is 19.4 Å². The summed E-state index contributed by atoms with van der Waals surface area (Å²) in [5.74, 6) is -2.63. The molecule has 5 atom stereocenters. The van der Waals surface area contributed by atoms with Crippen LogP contribution in [0.4, 0.5) is 4.79 Å². The molecule has 0 radical (unpaired) electrons. The smallest absolute Gasteiger partial charge is 0.408 e. The van der Waals surface area contributed by atoms with Gasteiger partial charge in [-0.15, -0.1) is 0 Å². The molecule has 4 aliphatic rings.